The number of rotatable bonds is 3. The number of carbonyl (C=O) groups is 1. The zero-order chi connectivity index (χ0) is 14.9. The lowest BCUT2D eigenvalue weighted by atomic mass is 10.0. The second kappa shape index (κ2) is 5.03. The van der Waals surface area contributed by atoms with Crippen LogP contribution in [0, 0.1) is 13.8 Å². The van der Waals surface area contributed by atoms with Crippen molar-refractivity contribution in [1.82, 2.24) is 0 Å². The number of halogens is 3. The summed E-state index contributed by atoms with van der Waals surface area (Å²) < 4.78 is 46.0. The fourth-order valence-corrected chi connectivity index (χ4v) is 1.87. The maximum atomic E-state index is 12.3. The zero-order valence-electron chi connectivity index (χ0n) is 10.7. The Balaban J connectivity index is 2.42. The van der Waals surface area contributed by atoms with Gasteiger partial charge in [-0.15, -0.1) is 13.2 Å². The van der Waals surface area contributed by atoms with Crippen LogP contribution >= 0.6 is 0 Å². The van der Waals surface area contributed by atoms with E-state index in [0.29, 0.717) is 11.5 Å². The minimum Gasteiger partial charge on any atom is -0.466 e. The number of ether oxygens (including phenoxy) is 1. The van der Waals surface area contributed by atoms with Crippen molar-refractivity contribution in [3.05, 3.63) is 53.0 Å². The molecule has 2 rings (SSSR count). The molecule has 0 spiro atoms. The summed E-state index contributed by atoms with van der Waals surface area (Å²) >= 11 is 0. The van der Waals surface area contributed by atoms with E-state index < -0.39 is 17.9 Å². The summed E-state index contributed by atoms with van der Waals surface area (Å²) in [5, 5.41) is 0. The summed E-state index contributed by atoms with van der Waals surface area (Å²) in [7, 11) is 0. The van der Waals surface area contributed by atoms with Crippen molar-refractivity contribution < 1.29 is 27.1 Å². The molecule has 20 heavy (non-hydrogen) atoms. The number of furan rings is 1. The van der Waals surface area contributed by atoms with E-state index in [2.05, 4.69) is 4.74 Å². The molecule has 0 amide bonds. The van der Waals surface area contributed by atoms with Crippen LogP contribution in [0.15, 0.2) is 34.7 Å². The molecule has 2 aromatic rings. The molecule has 0 unspecified atom stereocenters. The Hall–Kier alpha value is -2.24. The average Bonchev–Trinajstić information content (AvgIpc) is 2.66. The zero-order valence-corrected chi connectivity index (χ0v) is 10.7. The third-order valence-corrected chi connectivity index (χ3v) is 2.64. The van der Waals surface area contributed by atoms with Crippen LogP contribution in [0.25, 0.3) is 0 Å². The lowest BCUT2D eigenvalue weighted by molar-refractivity contribution is -0.274. The molecule has 0 radical (unpaired) electrons. The fourth-order valence-electron chi connectivity index (χ4n) is 1.87. The van der Waals surface area contributed by atoms with Gasteiger partial charge in [0.1, 0.15) is 17.3 Å². The number of aryl methyl sites for hydroxylation is 2. The minimum atomic E-state index is -4.85. The van der Waals surface area contributed by atoms with Crippen molar-refractivity contribution in [3.8, 4) is 5.75 Å². The van der Waals surface area contributed by atoms with Crippen LogP contribution in [-0.2, 0) is 0 Å². The van der Waals surface area contributed by atoms with Crippen LogP contribution in [0.1, 0.15) is 27.4 Å². The smallest absolute Gasteiger partial charge is 0.466 e. The Morgan fingerprint density at radius 2 is 1.80 bits per heavy atom. The van der Waals surface area contributed by atoms with E-state index in [1.165, 1.54) is 24.3 Å². The maximum Gasteiger partial charge on any atom is 0.573 e. The first kappa shape index (κ1) is 14.2. The summed E-state index contributed by atoms with van der Waals surface area (Å²) in [5.41, 5.74) is 0.0643. The molecule has 0 saturated heterocycles. The summed E-state index contributed by atoms with van der Waals surface area (Å²) in [6.07, 6.45) is -4.85. The molecule has 1 heterocycles. The van der Waals surface area contributed by atoms with Gasteiger partial charge in [0.2, 0.25) is 0 Å². The second-order valence-corrected chi connectivity index (χ2v) is 4.20. The third-order valence-electron chi connectivity index (χ3n) is 2.64. The SMILES string of the molecule is Cc1cc(C(=O)c2ccccc2OC(F)(F)F)c(C)o1. The lowest BCUT2D eigenvalue weighted by Gasteiger charge is -2.12. The van der Waals surface area contributed by atoms with E-state index in [0.717, 1.165) is 6.07 Å². The molecule has 0 atom stereocenters. The number of carbonyl (C=O) groups excluding carboxylic acids is 1. The van der Waals surface area contributed by atoms with Gasteiger partial charge in [-0.3, -0.25) is 4.79 Å². The van der Waals surface area contributed by atoms with Gasteiger partial charge in [0, 0.05) is 0 Å². The molecule has 0 N–H and O–H groups in total. The highest BCUT2D eigenvalue weighted by molar-refractivity contribution is 6.11. The fraction of sp³-hybridized carbons (Fsp3) is 0.214. The number of alkyl halides is 3. The van der Waals surface area contributed by atoms with E-state index in [9.17, 15) is 18.0 Å². The van der Waals surface area contributed by atoms with Crippen molar-refractivity contribution in [1.29, 1.82) is 0 Å². The standard InChI is InChI=1S/C14H11F3O3/c1-8-7-11(9(2)19-8)13(18)10-5-3-4-6-12(10)20-14(15,16)17/h3-7H,1-2H3. The van der Waals surface area contributed by atoms with E-state index in [-0.39, 0.29) is 11.1 Å². The molecule has 0 aliphatic heterocycles. The normalized spacial score (nSPS) is 11.4. The number of benzene rings is 1. The number of hydrogen-bond donors (Lipinski definition) is 0. The topological polar surface area (TPSA) is 39.4 Å². The van der Waals surface area contributed by atoms with Crippen LogP contribution in [-0.4, -0.2) is 12.1 Å². The van der Waals surface area contributed by atoms with Crippen LogP contribution < -0.4 is 4.74 Å². The molecule has 0 bridgehead atoms. The molecular weight excluding hydrogens is 273 g/mol. The Kier molecular flexibility index (Phi) is 3.57. The highest BCUT2D eigenvalue weighted by atomic mass is 19.4. The molecule has 106 valence electrons. The van der Waals surface area contributed by atoms with Gasteiger partial charge in [0.25, 0.3) is 0 Å². The Morgan fingerprint density at radius 3 is 2.35 bits per heavy atom. The molecular formula is C14H11F3O3. The van der Waals surface area contributed by atoms with Crippen LogP contribution in [0.3, 0.4) is 0 Å². The van der Waals surface area contributed by atoms with Crippen molar-refractivity contribution in [2.24, 2.45) is 0 Å². The van der Waals surface area contributed by atoms with Crippen molar-refractivity contribution in [2.75, 3.05) is 0 Å². The maximum absolute atomic E-state index is 12.3. The van der Waals surface area contributed by atoms with Gasteiger partial charge in [0.05, 0.1) is 11.1 Å². The van der Waals surface area contributed by atoms with Crippen LogP contribution in [0.4, 0.5) is 13.2 Å². The molecule has 6 heteroatoms. The number of ketones is 1. The summed E-state index contributed by atoms with van der Waals surface area (Å²) in [5.74, 6) is -0.225. The monoisotopic (exact) mass is 284 g/mol. The van der Waals surface area contributed by atoms with Crippen molar-refractivity contribution >= 4 is 5.78 Å². The Labute approximate surface area is 113 Å². The summed E-state index contributed by atoms with van der Waals surface area (Å²) in [6.45, 7) is 3.23. The predicted molar refractivity (Wildman–Crippen MR) is 64.7 cm³/mol. The molecule has 3 nitrogen and oxygen atoms in total. The molecule has 1 aromatic carbocycles. The van der Waals surface area contributed by atoms with Crippen LogP contribution in [0.5, 0.6) is 5.75 Å². The quantitative estimate of drug-likeness (QED) is 0.799. The second-order valence-electron chi connectivity index (χ2n) is 4.20. The van der Waals surface area contributed by atoms with E-state index in [1.54, 1.807) is 13.8 Å². The number of hydrogen-bond acceptors (Lipinski definition) is 3. The first-order chi connectivity index (χ1) is 9.28. The number of para-hydroxylation sites is 1. The lowest BCUT2D eigenvalue weighted by Crippen LogP contribution is -2.19. The predicted octanol–water partition coefficient (Wildman–Crippen LogP) is 4.03. The van der Waals surface area contributed by atoms with Gasteiger partial charge in [0.15, 0.2) is 5.78 Å². The molecule has 0 aliphatic carbocycles. The van der Waals surface area contributed by atoms with Crippen LogP contribution in [0.2, 0.25) is 0 Å². The molecule has 0 fully saturated rings. The summed E-state index contributed by atoms with van der Waals surface area (Å²) in [4.78, 5) is 12.3. The van der Waals surface area contributed by atoms with E-state index in [1.807, 2.05) is 0 Å². The van der Waals surface area contributed by atoms with E-state index in [4.69, 9.17) is 4.42 Å². The van der Waals surface area contributed by atoms with Gasteiger partial charge in [-0.05, 0) is 32.0 Å². The average molecular weight is 284 g/mol. The molecule has 1 aromatic heterocycles. The van der Waals surface area contributed by atoms with Gasteiger partial charge in [-0.2, -0.15) is 0 Å². The first-order valence-corrected chi connectivity index (χ1v) is 5.74. The first-order valence-electron chi connectivity index (χ1n) is 5.74. The van der Waals surface area contributed by atoms with Crippen molar-refractivity contribution in [2.45, 2.75) is 20.2 Å². The largest absolute Gasteiger partial charge is 0.573 e. The highest BCUT2D eigenvalue weighted by Gasteiger charge is 2.33. The van der Waals surface area contributed by atoms with Gasteiger partial charge < -0.3 is 9.15 Å². The summed E-state index contributed by atoms with van der Waals surface area (Å²) in [6, 6.07) is 6.71. The highest BCUT2D eigenvalue weighted by Crippen LogP contribution is 2.29. The van der Waals surface area contributed by atoms with E-state index >= 15 is 0 Å². The molecule has 0 saturated carbocycles. The molecule has 0 aliphatic rings. The Morgan fingerprint density at radius 1 is 1.15 bits per heavy atom. The Bertz CT molecular complexity index is 641. The minimum absolute atomic E-state index is 0.159. The van der Waals surface area contributed by atoms with Crippen molar-refractivity contribution in [3.63, 3.8) is 0 Å². The third kappa shape index (κ3) is 3.01. The van der Waals surface area contributed by atoms with Gasteiger partial charge in [-0.1, -0.05) is 12.1 Å². The van der Waals surface area contributed by atoms with Gasteiger partial charge in [-0.25, -0.2) is 0 Å². The van der Waals surface area contributed by atoms with Gasteiger partial charge >= 0.3 is 6.36 Å².